The third-order valence-electron chi connectivity index (χ3n) is 4.82. The van der Waals surface area contributed by atoms with E-state index in [1.165, 1.54) is 25.7 Å². The van der Waals surface area contributed by atoms with Crippen molar-refractivity contribution in [1.82, 2.24) is 0 Å². The molecule has 0 saturated carbocycles. The van der Waals surface area contributed by atoms with E-state index in [-0.39, 0.29) is 0 Å². The summed E-state index contributed by atoms with van der Waals surface area (Å²) in [5.41, 5.74) is 0. The predicted molar refractivity (Wildman–Crippen MR) is 83.5 cm³/mol. The molecule has 0 unspecified atom stereocenters. The van der Waals surface area contributed by atoms with E-state index in [0.717, 1.165) is 7.25 Å². The monoisotopic (exact) mass is 334 g/mol. The van der Waals surface area contributed by atoms with E-state index in [1.807, 2.05) is 0 Å². The topological polar surface area (TPSA) is 0 Å². The summed E-state index contributed by atoms with van der Waals surface area (Å²) in [6.07, 6.45) is 24.8. The third kappa shape index (κ3) is 3.49. The molecule has 0 radical (unpaired) electrons. The van der Waals surface area contributed by atoms with Crippen LogP contribution in [-0.2, 0) is 20.3 Å². The minimum atomic E-state index is -2.21. The van der Waals surface area contributed by atoms with E-state index >= 15 is 0 Å². The van der Waals surface area contributed by atoms with Gasteiger partial charge in [0.25, 0.3) is 0 Å². The van der Waals surface area contributed by atoms with Gasteiger partial charge < -0.3 is 0 Å². The van der Waals surface area contributed by atoms with Crippen LogP contribution in [0, 0.1) is 0 Å². The van der Waals surface area contributed by atoms with Crippen molar-refractivity contribution in [1.29, 1.82) is 0 Å². The van der Waals surface area contributed by atoms with Crippen LogP contribution in [0.2, 0.25) is 15.5 Å². The molecule has 0 aromatic rings. The van der Waals surface area contributed by atoms with Crippen LogP contribution in [0.1, 0.15) is 39.5 Å². The van der Waals surface area contributed by atoms with Crippen molar-refractivity contribution < 1.29 is 20.3 Å². The Labute approximate surface area is 123 Å². The Morgan fingerprint density at radius 3 is 1.37 bits per heavy atom. The number of unbranched alkanes of at least 4 members (excludes halogenated alkanes) is 2. The zero-order chi connectivity index (χ0) is 13.6. The molecule has 19 heavy (non-hydrogen) atoms. The summed E-state index contributed by atoms with van der Waals surface area (Å²) in [6.45, 7) is 4.69. The molecule has 0 spiro atoms. The Kier molecular flexibility index (Phi) is 6.08. The van der Waals surface area contributed by atoms with E-state index in [9.17, 15) is 0 Å². The first-order valence-electron chi connectivity index (χ1n) is 8.03. The van der Waals surface area contributed by atoms with E-state index in [2.05, 4.69) is 62.5 Å². The van der Waals surface area contributed by atoms with Crippen LogP contribution >= 0.6 is 0 Å². The average molecular weight is 336 g/mol. The molecule has 104 valence electrons. The molecular weight excluding hydrogens is 307 g/mol. The van der Waals surface area contributed by atoms with Crippen LogP contribution < -0.4 is 0 Å². The van der Waals surface area contributed by atoms with Gasteiger partial charge >= 0.3 is 124 Å². The van der Waals surface area contributed by atoms with Crippen molar-refractivity contribution >= 4 is 0 Å². The van der Waals surface area contributed by atoms with Gasteiger partial charge in [0.15, 0.2) is 0 Å². The van der Waals surface area contributed by atoms with Gasteiger partial charge in [0.1, 0.15) is 0 Å². The number of hydrogen-bond donors (Lipinski definition) is 0. The zero-order valence-corrected chi connectivity index (χ0v) is 15.0. The number of allylic oxidation sites excluding steroid dienone is 8. The molecule has 0 fully saturated rings. The Morgan fingerprint density at radius 2 is 1.05 bits per heavy atom. The Hall–Kier alpha value is -0.157. The molecule has 2 aliphatic rings. The van der Waals surface area contributed by atoms with Crippen LogP contribution in [0.15, 0.2) is 48.6 Å². The van der Waals surface area contributed by atoms with E-state index in [1.54, 1.807) is 8.26 Å². The maximum absolute atomic E-state index is 2.52. The summed E-state index contributed by atoms with van der Waals surface area (Å²) in [6, 6.07) is 0. The van der Waals surface area contributed by atoms with Gasteiger partial charge in [-0.2, -0.15) is 0 Å². The maximum atomic E-state index is 2.52. The molecule has 2 rings (SSSR count). The molecule has 0 saturated heterocycles. The fraction of sp³-hybridized carbons (Fsp3) is 0.556. The van der Waals surface area contributed by atoms with Gasteiger partial charge in [-0.25, -0.2) is 0 Å². The quantitative estimate of drug-likeness (QED) is 0.481. The van der Waals surface area contributed by atoms with Gasteiger partial charge in [-0.05, 0) is 0 Å². The fourth-order valence-corrected chi connectivity index (χ4v) is 18.5. The van der Waals surface area contributed by atoms with Crippen molar-refractivity contribution in [3.63, 3.8) is 0 Å². The molecule has 0 aromatic heterocycles. The van der Waals surface area contributed by atoms with Crippen molar-refractivity contribution in [3.05, 3.63) is 48.6 Å². The molecule has 1 heteroatoms. The zero-order valence-electron chi connectivity index (χ0n) is 12.5. The van der Waals surface area contributed by atoms with Crippen LogP contribution in [0.25, 0.3) is 0 Å². The van der Waals surface area contributed by atoms with Crippen molar-refractivity contribution in [2.75, 3.05) is 0 Å². The van der Waals surface area contributed by atoms with Crippen molar-refractivity contribution in [2.45, 2.75) is 55.0 Å². The Bertz CT molecular complexity index is 324. The second-order valence-corrected chi connectivity index (χ2v) is 17.8. The molecule has 0 aromatic carbocycles. The predicted octanol–water partition coefficient (Wildman–Crippen LogP) is 6.41. The Morgan fingerprint density at radius 1 is 0.684 bits per heavy atom. The molecule has 0 atom stereocenters. The second-order valence-electron chi connectivity index (χ2n) is 6.03. The average Bonchev–Trinajstić information content (AvgIpc) is 3.12. The van der Waals surface area contributed by atoms with E-state index in [4.69, 9.17) is 0 Å². The minimum absolute atomic E-state index is 0.838. The van der Waals surface area contributed by atoms with Crippen LogP contribution in [-0.4, -0.2) is 0 Å². The molecule has 0 aliphatic heterocycles. The van der Waals surface area contributed by atoms with Crippen LogP contribution in [0.3, 0.4) is 0 Å². The number of hydrogen-bond acceptors (Lipinski definition) is 0. The summed E-state index contributed by atoms with van der Waals surface area (Å²) in [7, 11) is 0. The van der Waals surface area contributed by atoms with Crippen LogP contribution in [0.4, 0.5) is 0 Å². The molecule has 0 amide bonds. The van der Waals surface area contributed by atoms with Crippen LogP contribution in [0.5, 0.6) is 0 Å². The molecule has 2 aliphatic carbocycles. The molecule has 0 nitrogen and oxygen atoms in total. The molecular formula is C18H28Zr. The summed E-state index contributed by atoms with van der Waals surface area (Å²) in [5.74, 6) is 0. The summed E-state index contributed by atoms with van der Waals surface area (Å²) in [4.78, 5) is 0. The first-order valence-corrected chi connectivity index (χ1v) is 14.3. The van der Waals surface area contributed by atoms with Crippen molar-refractivity contribution in [2.24, 2.45) is 0 Å². The molecule has 0 heterocycles. The number of rotatable bonds is 8. The Balaban J connectivity index is 2.25. The van der Waals surface area contributed by atoms with Gasteiger partial charge in [-0.1, -0.05) is 0 Å². The summed E-state index contributed by atoms with van der Waals surface area (Å²) < 4.78 is 4.79. The second kappa shape index (κ2) is 7.58. The molecule has 0 bridgehead atoms. The first-order chi connectivity index (χ1) is 9.33. The first kappa shape index (κ1) is 15.2. The van der Waals surface area contributed by atoms with E-state index in [0.29, 0.717) is 0 Å². The van der Waals surface area contributed by atoms with Gasteiger partial charge in [0.2, 0.25) is 0 Å². The van der Waals surface area contributed by atoms with Crippen molar-refractivity contribution in [3.8, 4) is 0 Å². The fourth-order valence-electron chi connectivity index (χ4n) is 3.66. The normalized spacial score (nSPS) is 19.1. The SMILES string of the molecule is CCC[CH2][Zr]([CH2]CCC)([CH]1C=CC=C1)[CH]1C=CC=C1. The summed E-state index contributed by atoms with van der Waals surface area (Å²) in [5, 5.41) is 0. The van der Waals surface area contributed by atoms with E-state index < -0.39 is 20.3 Å². The van der Waals surface area contributed by atoms with Gasteiger partial charge in [0.05, 0.1) is 0 Å². The molecule has 0 N–H and O–H groups in total. The summed E-state index contributed by atoms with van der Waals surface area (Å²) >= 11 is -2.21. The third-order valence-corrected chi connectivity index (χ3v) is 19.5. The van der Waals surface area contributed by atoms with Gasteiger partial charge in [-0.3, -0.25) is 0 Å². The van der Waals surface area contributed by atoms with Gasteiger partial charge in [0, 0.05) is 0 Å². The standard InChI is InChI=1S/2C5H5.2C4H9.Zr/c2*1-2-4-5-3-1;2*1-3-4-2;/h2*1-5H;2*1,3-4H2,2H3;. The van der Waals surface area contributed by atoms with Gasteiger partial charge in [-0.15, -0.1) is 0 Å².